The van der Waals surface area contributed by atoms with Crippen molar-refractivity contribution in [1.82, 2.24) is 20.1 Å². The Morgan fingerprint density at radius 1 is 1.54 bits per heavy atom. The van der Waals surface area contributed by atoms with Crippen molar-refractivity contribution in [3.8, 4) is 0 Å². The third-order valence-corrected chi connectivity index (χ3v) is 4.57. The lowest BCUT2D eigenvalue weighted by molar-refractivity contribution is -0.143. The van der Waals surface area contributed by atoms with Crippen molar-refractivity contribution in [3.63, 3.8) is 0 Å². The molecule has 1 fully saturated rings. The second-order valence-corrected chi connectivity index (χ2v) is 7.05. The summed E-state index contributed by atoms with van der Waals surface area (Å²) in [6, 6.07) is -0.0164. The fourth-order valence-electron chi connectivity index (χ4n) is 2.76. The molecule has 1 atom stereocenters. The number of nitrogens with one attached hydrogen (secondary N) is 1. The molecule has 1 N–H and O–H groups in total. The van der Waals surface area contributed by atoms with Gasteiger partial charge in [0.15, 0.2) is 5.96 Å². The highest BCUT2D eigenvalue weighted by Gasteiger charge is 2.34. The molecule has 1 aliphatic heterocycles. The molecule has 2 heterocycles. The standard InChI is InChI=1S/C15H24F3N5S/c1-4-19-14(22(3)7-13-9-24-11(2)20-13)21-12-5-6-23(8-12)10-15(16,17)18/h9,12H,4-8,10H2,1-3H3,(H,19,21). The quantitative estimate of drug-likeness (QED) is 0.645. The second-order valence-electron chi connectivity index (χ2n) is 5.99. The maximum Gasteiger partial charge on any atom is 0.401 e. The van der Waals surface area contributed by atoms with E-state index in [0.717, 1.165) is 10.7 Å². The lowest BCUT2D eigenvalue weighted by Gasteiger charge is -2.25. The molecule has 0 bridgehead atoms. The van der Waals surface area contributed by atoms with Gasteiger partial charge in [0.2, 0.25) is 0 Å². The molecule has 0 amide bonds. The molecule has 0 saturated carbocycles. The fourth-order valence-corrected chi connectivity index (χ4v) is 3.36. The minimum absolute atomic E-state index is 0.0164. The number of likely N-dealkylation sites (tertiary alicyclic amines) is 1. The van der Waals surface area contributed by atoms with E-state index < -0.39 is 12.7 Å². The number of nitrogens with zero attached hydrogens (tertiary/aromatic N) is 4. The van der Waals surface area contributed by atoms with Crippen LogP contribution < -0.4 is 5.32 Å². The zero-order chi connectivity index (χ0) is 17.7. The van der Waals surface area contributed by atoms with Gasteiger partial charge in [0, 0.05) is 38.1 Å². The minimum Gasteiger partial charge on any atom is -0.352 e. The van der Waals surface area contributed by atoms with Crippen LogP contribution in [0.1, 0.15) is 24.0 Å². The molecule has 1 aromatic heterocycles. The van der Waals surface area contributed by atoms with E-state index in [1.165, 1.54) is 4.90 Å². The molecule has 1 unspecified atom stereocenters. The first kappa shape index (κ1) is 19.0. The average Bonchev–Trinajstić information content (AvgIpc) is 3.06. The van der Waals surface area contributed by atoms with E-state index in [0.29, 0.717) is 38.6 Å². The zero-order valence-electron chi connectivity index (χ0n) is 14.2. The Morgan fingerprint density at radius 2 is 2.29 bits per heavy atom. The van der Waals surface area contributed by atoms with Crippen LogP contribution in [0.2, 0.25) is 0 Å². The molecular weight excluding hydrogens is 339 g/mol. The van der Waals surface area contributed by atoms with E-state index in [9.17, 15) is 13.2 Å². The molecule has 2 rings (SSSR count). The van der Waals surface area contributed by atoms with Crippen molar-refractivity contribution in [1.29, 1.82) is 0 Å². The fraction of sp³-hybridized carbons (Fsp3) is 0.733. The smallest absolute Gasteiger partial charge is 0.352 e. The van der Waals surface area contributed by atoms with E-state index in [4.69, 9.17) is 0 Å². The zero-order valence-corrected chi connectivity index (χ0v) is 15.0. The monoisotopic (exact) mass is 363 g/mol. The van der Waals surface area contributed by atoms with Gasteiger partial charge in [-0.1, -0.05) is 0 Å². The number of rotatable bonds is 5. The van der Waals surface area contributed by atoms with Gasteiger partial charge in [-0.25, -0.2) is 4.98 Å². The third kappa shape index (κ3) is 5.94. The van der Waals surface area contributed by atoms with E-state index in [-0.39, 0.29) is 6.04 Å². The minimum atomic E-state index is -4.14. The average molecular weight is 363 g/mol. The van der Waals surface area contributed by atoms with Crippen molar-refractivity contribution in [2.75, 3.05) is 33.2 Å². The van der Waals surface area contributed by atoms with Crippen LogP contribution in [0.25, 0.3) is 0 Å². The van der Waals surface area contributed by atoms with Gasteiger partial charge in [0.05, 0.1) is 23.8 Å². The molecule has 1 aromatic rings. The molecule has 136 valence electrons. The number of guanidine groups is 1. The van der Waals surface area contributed by atoms with Gasteiger partial charge in [-0.3, -0.25) is 9.89 Å². The van der Waals surface area contributed by atoms with E-state index in [2.05, 4.69) is 15.3 Å². The summed E-state index contributed by atoms with van der Waals surface area (Å²) in [5, 5.41) is 6.32. The first-order valence-electron chi connectivity index (χ1n) is 7.99. The van der Waals surface area contributed by atoms with Crippen LogP contribution in [0.4, 0.5) is 13.2 Å². The van der Waals surface area contributed by atoms with Crippen LogP contribution in [-0.2, 0) is 6.54 Å². The van der Waals surface area contributed by atoms with Gasteiger partial charge in [-0.2, -0.15) is 13.2 Å². The summed E-state index contributed by atoms with van der Waals surface area (Å²) in [6.07, 6.45) is -3.46. The van der Waals surface area contributed by atoms with Crippen LogP contribution in [0.15, 0.2) is 10.4 Å². The van der Waals surface area contributed by atoms with Crippen LogP contribution in [0, 0.1) is 6.92 Å². The van der Waals surface area contributed by atoms with Gasteiger partial charge >= 0.3 is 6.18 Å². The molecule has 1 saturated heterocycles. The highest BCUT2D eigenvalue weighted by Crippen LogP contribution is 2.20. The molecule has 0 aromatic carbocycles. The summed E-state index contributed by atoms with van der Waals surface area (Å²) in [5.41, 5.74) is 0.968. The van der Waals surface area contributed by atoms with Crippen molar-refractivity contribution < 1.29 is 13.2 Å². The maximum atomic E-state index is 12.5. The molecule has 24 heavy (non-hydrogen) atoms. The largest absolute Gasteiger partial charge is 0.401 e. The Kier molecular flexibility index (Phi) is 6.45. The van der Waals surface area contributed by atoms with Gasteiger partial charge < -0.3 is 10.2 Å². The highest BCUT2D eigenvalue weighted by atomic mass is 32.1. The Hall–Kier alpha value is -1.35. The van der Waals surface area contributed by atoms with Crippen molar-refractivity contribution in [2.24, 2.45) is 4.99 Å². The second kappa shape index (κ2) is 8.15. The maximum absolute atomic E-state index is 12.5. The summed E-state index contributed by atoms with van der Waals surface area (Å²) in [7, 11) is 1.92. The number of hydrogen-bond acceptors (Lipinski definition) is 4. The lowest BCUT2D eigenvalue weighted by Crippen LogP contribution is -2.45. The van der Waals surface area contributed by atoms with Crippen molar-refractivity contribution in [3.05, 3.63) is 16.1 Å². The van der Waals surface area contributed by atoms with Crippen LogP contribution in [0.5, 0.6) is 0 Å². The van der Waals surface area contributed by atoms with Gasteiger partial charge in [0.1, 0.15) is 0 Å². The molecule has 0 spiro atoms. The van der Waals surface area contributed by atoms with Gasteiger partial charge in [0.25, 0.3) is 0 Å². The predicted molar refractivity (Wildman–Crippen MR) is 90.3 cm³/mol. The molecule has 0 aliphatic carbocycles. The van der Waals surface area contributed by atoms with Crippen molar-refractivity contribution in [2.45, 2.75) is 39.0 Å². The van der Waals surface area contributed by atoms with Crippen LogP contribution >= 0.6 is 11.3 Å². The molecule has 5 nitrogen and oxygen atoms in total. The number of halogens is 3. The number of hydrogen-bond donors (Lipinski definition) is 1. The summed E-state index contributed by atoms with van der Waals surface area (Å²) >= 11 is 1.60. The molecule has 9 heteroatoms. The molecular formula is C15H24F3N5S. The van der Waals surface area contributed by atoms with Gasteiger partial charge in [-0.05, 0) is 20.3 Å². The first-order valence-corrected chi connectivity index (χ1v) is 8.87. The Labute approximate surface area is 144 Å². The third-order valence-electron chi connectivity index (χ3n) is 3.74. The van der Waals surface area contributed by atoms with Gasteiger partial charge in [-0.15, -0.1) is 11.3 Å². The summed E-state index contributed by atoms with van der Waals surface area (Å²) < 4.78 is 37.5. The number of aryl methyl sites for hydroxylation is 1. The van der Waals surface area contributed by atoms with E-state index in [1.54, 1.807) is 11.3 Å². The highest BCUT2D eigenvalue weighted by molar-refractivity contribution is 7.09. The topological polar surface area (TPSA) is 43.8 Å². The lowest BCUT2D eigenvalue weighted by atomic mass is 10.3. The van der Waals surface area contributed by atoms with E-state index in [1.807, 2.05) is 31.2 Å². The van der Waals surface area contributed by atoms with Crippen LogP contribution in [-0.4, -0.2) is 66.2 Å². The Balaban J connectivity index is 1.90. The number of alkyl halides is 3. The van der Waals surface area contributed by atoms with Crippen molar-refractivity contribution >= 4 is 17.3 Å². The number of aliphatic imine (C=N–C) groups is 1. The summed E-state index contributed by atoms with van der Waals surface area (Å²) in [6.45, 7) is 5.11. The van der Waals surface area contributed by atoms with Crippen LogP contribution in [0.3, 0.4) is 0 Å². The molecule has 1 aliphatic rings. The number of aromatic nitrogens is 1. The Morgan fingerprint density at radius 3 is 2.88 bits per heavy atom. The summed E-state index contributed by atoms with van der Waals surface area (Å²) in [5.74, 6) is 0.710. The van der Waals surface area contributed by atoms with E-state index >= 15 is 0 Å². The normalized spacial score (nSPS) is 19.8. The Bertz CT molecular complexity index is 558. The predicted octanol–water partition coefficient (Wildman–Crippen LogP) is 2.49. The molecule has 0 radical (unpaired) electrons. The number of thiazole rings is 1. The SMILES string of the molecule is CCN=C(NC1CCN(CC(F)(F)F)C1)N(C)Cc1csc(C)n1. The summed E-state index contributed by atoms with van der Waals surface area (Å²) in [4.78, 5) is 12.3. The first-order chi connectivity index (χ1) is 11.3.